The van der Waals surface area contributed by atoms with Crippen LogP contribution in [0.5, 0.6) is 0 Å². The number of rotatable bonds is 3. The minimum absolute atomic E-state index is 0.0149. The zero-order valence-electron chi connectivity index (χ0n) is 10.7. The van der Waals surface area contributed by atoms with Crippen LogP contribution >= 0.6 is 11.6 Å². The van der Waals surface area contributed by atoms with Crippen LogP contribution in [0.15, 0.2) is 41.3 Å². The van der Waals surface area contributed by atoms with E-state index in [1.807, 2.05) is 19.1 Å². The average Bonchev–Trinajstić information content (AvgIpc) is 2.34. The molecule has 0 aliphatic rings. The number of nitrogen functional groups attached to an aromatic ring is 1. The van der Waals surface area contributed by atoms with Gasteiger partial charge in [0.15, 0.2) is 0 Å². The van der Waals surface area contributed by atoms with Crippen molar-refractivity contribution in [3.63, 3.8) is 0 Å². The van der Waals surface area contributed by atoms with E-state index < -0.39 is 10.0 Å². The molecule has 5 nitrogen and oxygen atoms in total. The van der Waals surface area contributed by atoms with Gasteiger partial charge in [0.05, 0.1) is 27.0 Å². The number of nitrogens with one attached hydrogen (secondary N) is 1. The first-order valence-electron chi connectivity index (χ1n) is 5.73. The Morgan fingerprint density at radius 2 is 1.90 bits per heavy atom. The third kappa shape index (κ3) is 3.04. The summed E-state index contributed by atoms with van der Waals surface area (Å²) in [5, 5.41) is 8.67. The van der Waals surface area contributed by atoms with E-state index in [2.05, 4.69) is 5.32 Å². The van der Waals surface area contributed by atoms with Crippen LogP contribution in [0, 0.1) is 6.92 Å². The third-order valence-electron chi connectivity index (χ3n) is 2.83. The van der Waals surface area contributed by atoms with Gasteiger partial charge in [0, 0.05) is 0 Å². The predicted molar refractivity (Wildman–Crippen MR) is 81.7 cm³/mol. The van der Waals surface area contributed by atoms with Gasteiger partial charge in [-0.2, -0.15) is 0 Å². The third-order valence-corrected chi connectivity index (χ3v) is 4.06. The second-order valence-electron chi connectivity index (χ2n) is 4.35. The highest BCUT2D eigenvalue weighted by Crippen LogP contribution is 2.32. The standard InChI is InChI=1S/C13H14ClN3O2S/c1-8-3-2-4-10(14)13(8)17-12-7-9(20(16,18)19)5-6-11(12)15/h2-7,17H,15H2,1H3,(H2,16,18,19). The van der Waals surface area contributed by atoms with Gasteiger partial charge in [-0.25, -0.2) is 13.6 Å². The van der Waals surface area contributed by atoms with Crippen molar-refractivity contribution in [1.29, 1.82) is 0 Å². The van der Waals surface area contributed by atoms with E-state index in [0.717, 1.165) is 5.56 Å². The summed E-state index contributed by atoms with van der Waals surface area (Å²) >= 11 is 6.12. The van der Waals surface area contributed by atoms with E-state index in [4.69, 9.17) is 22.5 Å². The lowest BCUT2D eigenvalue weighted by Crippen LogP contribution is -2.12. The summed E-state index contributed by atoms with van der Waals surface area (Å²) in [6.07, 6.45) is 0. The Balaban J connectivity index is 2.49. The maximum Gasteiger partial charge on any atom is 0.238 e. The van der Waals surface area contributed by atoms with Crippen LogP contribution in [-0.4, -0.2) is 8.42 Å². The lowest BCUT2D eigenvalue weighted by Gasteiger charge is -2.14. The van der Waals surface area contributed by atoms with Gasteiger partial charge >= 0.3 is 0 Å². The Labute approximate surface area is 122 Å². The molecular weight excluding hydrogens is 298 g/mol. The first-order chi connectivity index (χ1) is 9.29. The number of primary sulfonamides is 1. The van der Waals surface area contributed by atoms with E-state index in [9.17, 15) is 8.42 Å². The Hall–Kier alpha value is -1.76. The molecule has 0 radical (unpaired) electrons. The van der Waals surface area contributed by atoms with E-state index in [1.165, 1.54) is 18.2 Å². The summed E-state index contributed by atoms with van der Waals surface area (Å²) in [7, 11) is -3.78. The van der Waals surface area contributed by atoms with Crippen molar-refractivity contribution in [3.8, 4) is 0 Å². The smallest absolute Gasteiger partial charge is 0.238 e. The van der Waals surface area contributed by atoms with Crippen molar-refractivity contribution in [2.45, 2.75) is 11.8 Å². The molecule has 2 rings (SSSR count). The molecule has 0 heterocycles. The molecule has 0 aromatic heterocycles. The Morgan fingerprint density at radius 1 is 1.20 bits per heavy atom. The van der Waals surface area contributed by atoms with E-state index in [1.54, 1.807) is 6.07 Å². The van der Waals surface area contributed by atoms with Gasteiger partial charge in [0.2, 0.25) is 10.0 Å². The van der Waals surface area contributed by atoms with Crippen molar-refractivity contribution in [2.75, 3.05) is 11.1 Å². The molecular formula is C13H14ClN3O2S. The van der Waals surface area contributed by atoms with Gasteiger partial charge in [0.25, 0.3) is 0 Å². The Kier molecular flexibility index (Phi) is 3.89. The number of sulfonamides is 1. The van der Waals surface area contributed by atoms with Gasteiger partial charge in [-0.3, -0.25) is 0 Å². The van der Waals surface area contributed by atoms with Crippen LogP contribution in [-0.2, 0) is 10.0 Å². The van der Waals surface area contributed by atoms with Crippen LogP contribution in [0.3, 0.4) is 0 Å². The molecule has 0 spiro atoms. The molecule has 7 heteroatoms. The van der Waals surface area contributed by atoms with Gasteiger partial charge in [-0.1, -0.05) is 23.7 Å². The molecule has 20 heavy (non-hydrogen) atoms. The normalized spacial score (nSPS) is 11.3. The van der Waals surface area contributed by atoms with Crippen molar-refractivity contribution in [2.24, 2.45) is 5.14 Å². The van der Waals surface area contributed by atoms with Crippen LogP contribution < -0.4 is 16.2 Å². The van der Waals surface area contributed by atoms with E-state index >= 15 is 0 Å². The predicted octanol–water partition coefficient (Wildman–Crippen LogP) is 2.62. The number of aryl methyl sites for hydroxylation is 1. The summed E-state index contributed by atoms with van der Waals surface area (Å²) in [5.41, 5.74) is 8.27. The molecule has 0 saturated heterocycles. The molecule has 0 fully saturated rings. The van der Waals surface area contributed by atoms with Crippen molar-refractivity contribution in [1.82, 2.24) is 0 Å². The molecule has 2 aromatic carbocycles. The van der Waals surface area contributed by atoms with Crippen LogP contribution in [0.1, 0.15) is 5.56 Å². The molecule has 0 saturated carbocycles. The first kappa shape index (κ1) is 14.6. The monoisotopic (exact) mass is 311 g/mol. The highest BCUT2D eigenvalue weighted by molar-refractivity contribution is 7.89. The SMILES string of the molecule is Cc1cccc(Cl)c1Nc1cc(S(N)(=O)=O)ccc1N. The zero-order chi connectivity index (χ0) is 14.9. The number of benzene rings is 2. The van der Waals surface area contributed by atoms with Crippen molar-refractivity contribution < 1.29 is 8.42 Å². The molecule has 0 bridgehead atoms. The highest BCUT2D eigenvalue weighted by atomic mass is 35.5. The summed E-state index contributed by atoms with van der Waals surface area (Å²) in [5.74, 6) is 0. The number of anilines is 3. The molecule has 0 aliphatic heterocycles. The maximum absolute atomic E-state index is 11.4. The quantitative estimate of drug-likeness (QED) is 0.759. The van der Waals surface area contributed by atoms with Crippen molar-refractivity contribution >= 4 is 38.7 Å². The molecule has 0 amide bonds. The molecule has 5 N–H and O–H groups in total. The van der Waals surface area contributed by atoms with Crippen LogP contribution in [0.2, 0.25) is 5.02 Å². The minimum atomic E-state index is -3.78. The molecule has 0 unspecified atom stereocenters. The second kappa shape index (κ2) is 5.32. The van der Waals surface area contributed by atoms with E-state index in [0.29, 0.717) is 22.1 Å². The summed E-state index contributed by atoms with van der Waals surface area (Å²) < 4.78 is 22.7. The zero-order valence-corrected chi connectivity index (χ0v) is 12.3. The van der Waals surface area contributed by atoms with E-state index in [-0.39, 0.29) is 4.90 Å². The molecule has 0 atom stereocenters. The fraction of sp³-hybridized carbons (Fsp3) is 0.0769. The number of nitrogens with two attached hydrogens (primary N) is 2. The maximum atomic E-state index is 11.4. The van der Waals surface area contributed by atoms with Gasteiger partial charge in [0.1, 0.15) is 0 Å². The fourth-order valence-electron chi connectivity index (χ4n) is 1.75. The topological polar surface area (TPSA) is 98.2 Å². The lowest BCUT2D eigenvalue weighted by atomic mass is 10.2. The number of hydrogen-bond donors (Lipinski definition) is 3. The number of halogens is 1. The van der Waals surface area contributed by atoms with Crippen LogP contribution in [0.4, 0.5) is 17.1 Å². The van der Waals surface area contributed by atoms with Crippen LogP contribution in [0.25, 0.3) is 0 Å². The minimum Gasteiger partial charge on any atom is -0.397 e. The Morgan fingerprint density at radius 3 is 2.50 bits per heavy atom. The largest absolute Gasteiger partial charge is 0.397 e. The van der Waals surface area contributed by atoms with Crippen molar-refractivity contribution in [3.05, 3.63) is 47.0 Å². The number of para-hydroxylation sites is 1. The van der Waals surface area contributed by atoms with Gasteiger partial charge in [-0.05, 0) is 36.8 Å². The summed E-state index contributed by atoms with van der Waals surface area (Å²) in [4.78, 5) is -0.0149. The fourth-order valence-corrected chi connectivity index (χ4v) is 2.55. The summed E-state index contributed by atoms with van der Waals surface area (Å²) in [6.45, 7) is 1.88. The second-order valence-corrected chi connectivity index (χ2v) is 6.32. The first-order valence-corrected chi connectivity index (χ1v) is 7.66. The number of hydrogen-bond acceptors (Lipinski definition) is 4. The Bertz CT molecular complexity index is 740. The highest BCUT2D eigenvalue weighted by Gasteiger charge is 2.12. The molecule has 0 aliphatic carbocycles. The lowest BCUT2D eigenvalue weighted by molar-refractivity contribution is 0.598. The average molecular weight is 312 g/mol. The van der Waals surface area contributed by atoms with Gasteiger partial charge < -0.3 is 11.1 Å². The summed E-state index contributed by atoms with van der Waals surface area (Å²) in [6, 6.07) is 9.66. The molecule has 2 aromatic rings. The molecule has 106 valence electrons. The van der Waals surface area contributed by atoms with Gasteiger partial charge in [-0.15, -0.1) is 0 Å².